The highest BCUT2D eigenvalue weighted by Gasteiger charge is 2.36. The van der Waals surface area contributed by atoms with E-state index >= 15 is 0 Å². The molecule has 2 amide bonds. The highest BCUT2D eigenvalue weighted by Crippen LogP contribution is 2.20. The molecule has 5 N–H and O–H groups in total. The van der Waals surface area contributed by atoms with Crippen molar-refractivity contribution in [3.05, 3.63) is 0 Å². The summed E-state index contributed by atoms with van der Waals surface area (Å²) in [6.07, 6.45) is 35.3. The zero-order valence-corrected chi connectivity index (χ0v) is 33.2. The van der Waals surface area contributed by atoms with Crippen molar-refractivity contribution in [1.29, 1.82) is 0 Å². The van der Waals surface area contributed by atoms with E-state index in [9.17, 15) is 9.59 Å². The highest BCUT2D eigenvalue weighted by molar-refractivity contribution is 5.90. The van der Waals surface area contributed by atoms with Gasteiger partial charge in [-0.2, -0.15) is 0 Å². The maximum absolute atomic E-state index is 13.3. The maximum atomic E-state index is 13.3. The summed E-state index contributed by atoms with van der Waals surface area (Å²) in [7, 11) is 0. The van der Waals surface area contributed by atoms with Gasteiger partial charge in [0.25, 0.3) is 0 Å². The number of unbranched alkanes of at least 4 members (excludes halogenated alkanes) is 23. The molecule has 0 radical (unpaired) electrons. The molecule has 1 aliphatic heterocycles. The van der Waals surface area contributed by atoms with Crippen molar-refractivity contribution in [2.24, 2.45) is 11.5 Å². The van der Waals surface area contributed by atoms with Crippen LogP contribution in [-0.2, 0) is 19.1 Å². The highest BCUT2D eigenvalue weighted by atomic mass is 16.5. The number of nitrogens with zero attached hydrogens (tertiary/aromatic N) is 1. The molecule has 0 saturated carbocycles. The lowest BCUT2D eigenvalue weighted by Gasteiger charge is -2.27. The minimum absolute atomic E-state index is 0.107. The van der Waals surface area contributed by atoms with Crippen molar-refractivity contribution < 1.29 is 19.1 Å². The molecule has 8 heteroatoms. The number of amides is 2. The molecular weight excluding hydrogens is 624 g/mol. The third-order valence-corrected chi connectivity index (χ3v) is 10.4. The lowest BCUT2D eigenvalue weighted by molar-refractivity contribution is -0.139. The second-order valence-corrected chi connectivity index (χ2v) is 15.2. The molecule has 0 aromatic rings. The molecule has 50 heavy (non-hydrogen) atoms. The maximum Gasteiger partial charge on any atom is 0.242 e. The van der Waals surface area contributed by atoms with Crippen molar-refractivity contribution in [2.45, 2.75) is 218 Å². The molecule has 0 aliphatic carbocycles. The molecule has 0 aromatic heterocycles. The predicted molar refractivity (Wildman–Crippen MR) is 211 cm³/mol. The van der Waals surface area contributed by atoms with Crippen LogP contribution in [0.15, 0.2) is 0 Å². The summed E-state index contributed by atoms with van der Waals surface area (Å²) in [6, 6.07) is -1.03. The number of carbonyl (C=O) groups excluding carboxylic acids is 2. The fourth-order valence-corrected chi connectivity index (χ4v) is 7.10. The number of hydrogen-bond donors (Lipinski definition) is 3. The van der Waals surface area contributed by atoms with E-state index in [4.69, 9.17) is 20.9 Å². The number of hydrogen-bond acceptors (Lipinski definition) is 6. The quantitative estimate of drug-likeness (QED) is 0.0554. The summed E-state index contributed by atoms with van der Waals surface area (Å²) in [4.78, 5) is 28.0. The van der Waals surface area contributed by atoms with Gasteiger partial charge in [0.1, 0.15) is 6.04 Å². The van der Waals surface area contributed by atoms with E-state index in [1.165, 1.54) is 141 Å². The van der Waals surface area contributed by atoms with Gasteiger partial charge < -0.3 is 31.2 Å². The number of nitrogens with one attached hydrogen (secondary N) is 1. The van der Waals surface area contributed by atoms with Crippen LogP contribution in [0.1, 0.15) is 200 Å². The van der Waals surface area contributed by atoms with E-state index in [1.807, 2.05) is 0 Å². The van der Waals surface area contributed by atoms with Gasteiger partial charge in [-0.05, 0) is 45.1 Å². The van der Waals surface area contributed by atoms with Crippen LogP contribution in [0.25, 0.3) is 0 Å². The molecule has 3 atom stereocenters. The summed E-state index contributed by atoms with van der Waals surface area (Å²) in [5.41, 5.74) is 11.8. The molecule has 1 saturated heterocycles. The van der Waals surface area contributed by atoms with Gasteiger partial charge in [-0.3, -0.25) is 9.59 Å². The van der Waals surface area contributed by atoms with Crippen LogP contribution in [0, 0.1) is 0 Å². The number of nitrogens with two attached hydrogens (primary N) is 2. The largest absolute Gasteiger partial charge is 0.379 e. The second-order valence-electron chi connectivity index (χ2n) is 15.2. The molecule has 2 unspecified atom stereocenters. The Morgan fingerprint density at radius 2 is 1.16 bits per heavy atom. The van der Waals surface area contributed by atoms with Gasteiger partial charge in [0.05, 0.1) is 18.8 Å². The number of ether oxygens (including phenoxy) is 2. The molecule has 296 valence electrons. The van der Waals surface area contributed by atoms with Gasteiger partial charge in [-0.25, -0.2) is 0 Å². The summed E-state index contributed by atoms with van der Waals surface area (Å²) in [5.74, 6) is -0.227. The Bertz CT molecular complexity index is 770. The molecule has 0 spiro atoms. The Kier molecular flexibility index (Phi) is 32.6. The first-order valence-electron chi connectivity index (χ1n) is 21.8. The SMILES string of the molecule is CCCCCCCCCCCCCCOCC(CNC(=O)C1CCCN1C(=O)[C@@H](N)CCCCN)OCCCCCCCCCCCCCC. The summed E-state index contributed by atoms with van der Waals surface area (Å²) >= 11 is 0. The molecular formula is C42H84N4O4. The first-order valence-corrected chi connectivity index (χ1v) is 21.8. The fourth-order valence-electron chi connectivity index (χ4n) is 7.10. The number of carbonyl (C=O) groups is 2. The number of likely N-dealkylation sites (tertiary alicyclic amines) is 1. The van der Waals surface area contributed by atoms with Crippen LogP contribution >= 0.6 is 0 Å². The summed E-state index contributed by atoms with van der Waals surface area (Å²) in [5, 5.41) is 3.10. The molecule has 1 aliphatic rings. The Balaban J connectivity index is 2.37. The Labute approximate surface area is 309 Å². The standard InChI is InChI=1S/C42H84N4O4/c1-3-5-7-9-11-13-15-17-19-21-23-27-34-49-37-38(50-35-28-24-22-20-18-16-14-12-10-8-6-4-2)36-45-41(47)40-31-29-33-46(40)42(48)39(44)30-25-26-32-43/h38-40H,3-37,43-44H2,1-2H3,(H,45,47)/t38?,39-,40?/m0/s1. The zero-order chi connectivity index (χ0) is 36.3. The minimum Gasteiger partial charge on any atom is -0.379 e. The van der Waals surface area contributed by atoms with Crippen LogP contribution in [0.2, 0.25) is 0 Å². The molecule has 1 rings (SSSR count). The van der Waals surface area contributed by atoms with E-state index in [2.05, 4.69) is 19.2 Å². The van der Waals surface area contributed by atoms with E-state index in [1.54, 1.807) is 4.90 Å². The Hall–Kier alpha value is -1.22. The second kappa shape index (κ2) is 34.8. The summed E-state index contributed by atoms with van der Waals surface area (Å²) < 4.78 is 12.4. The van der Waals surface area contributed by atoms with Gasteiger partial charge in [0.2, 0.25) is 11.8 Å². The van der Waals surface area contributed by atoms with Gasteiger partial charge >= 0.3 is 0 Å². The number of rotatable bonds is 37. The van der Waals surface area contributed by atoms with E-state index in [-0.39, 0.29) is 17.9 Å². The van der Waals surface area contributed by atoms with Crippen LogP contribution in [0.4, 0.5) is 0 Å². The molecule has 8 nitrogen and oxygen atoms in total. The van der Waals surface area contributed by atoms with Gasteiger partial charge in [-0.15, -0.1) is 0 Å². The smallest absolute Gasteiger partial charge is 0.242 e. The van der Waals surface area contributed by atoms with Crippen LogP contribution in [0.3, 0.4) is 0 Å². The van der Waals surface area contributed by atoms with E-state index in [0.29, 0.717) is 45.7 Å². The molecule has 1 heterocycles. The average molecular weight is 709 g/mol. The van der Waals surface area contributed by atoms with E-state index < -0.39 is 12.1 Å². The zero-order valence-electron chi connectivity index (χ0n) is 33.2. The third kappa shape index (κ3) is 25.7. The monoisotopic (exact) mass is 709 g/mol. The Morgan fingerprint density at radius 1 is 0.680 bits per heavy atom. The third-order valence-electron chi connectivity index (χ3n) is 10.4. The molecule has 0 aromatic carbocycles. The summed E-state index contributed by atoms with van der Waals surface area (Å²) in [6.45, 7) is 8.04. The van der Waals surface area contributed by atoms with Crippen molar-refractivity contribution in [3.8, 4) is 0 Å². The van der Waals surface area contributed by atoms with Crippen molar-refractivity contribution in [2.75, 3.05) is 39.5 Å². The van der Waals surface area contributed by atoms with Crippen LogP contribution in [-0.4, -0.2) is 74.4 Å². The normalized spacial score (nSPS) is 15.8. The van der Waals surface area contributed by atoms with Gasteiger partial charge in [-0.1, -0.05) is 162 Å². The predicted octanol–water partition coefficient (Wildman–Crippen LogP) is 9.35. The van der Waals surface area contributed by atoms with Crippen LogP contribution < -0.4 is 16.8 Å². The molecule has 0 bridgehead atoms. The Morgan fingerprint density at radius 3 is 1.66 bits per heavy atom. The van der Waals surface area contributed by atoms with Crippen molar-refractivity contribution in [1.82, 2.24) is 10.2 Å². The van der Waals surface area contributed by atoms with Crippen LogP contribution in [0.5, 0.6) is 0 Å². The topological polar surface area (TPSA) is 120 Å². The first-order chi connectivity index (χ1) is 24.5. The lowest BCUT2D eigenvalue weighted by Crippen LogP contribution is -2.52. The van der Waals surface area contributed by atoms with Gasteiger partial charge in [0.15, 0.2) is 0 Å². The lowest BCUT2D eigenvalue weighted by atomic mass is 10.1. The minimum atomic E-state index is -0.574. The molecule has 1 fully saturated rings. The van der Waals surface area contributed by atoms with E-state index in [0.717, 1.165) is 38.7 Å². The average Bonchev–Trinajstić information content (AvgIpc) is 3.62. The fraction of sp³-hybridized carbons (Fsp3) is 0.952. The van der Waals surface area contributed by atoms with Crippen molar-refractivity contribution >= 4 is 11.8 Å². The first kappa shape index (κ1) is 46.8. The van der Waals surface area contributed by atoms with Gasteiger partial charge in [0, 0.05) is 26.3 Å². The van der Waals surface area contributed by atoms with Crippen molar-refractivity contribution in [3.63, 3.8) is 0 Å².